The SMILES string of the molecule is CC(=O)OCNC(=O)c1c(N=C=O)cc(C)c(N=C=O)c1C(F)(F)C(F)(F)C(F)(F)C(F)(F)C(F)(F)C(F)(F)C(F)(F)C(F)(F)C(F)(F)C(F)(F)C(F)(F)C(F)(F)C(F)(F)F. The molecule has 0 radical (unpaired) electrons. The molecule has 1 aromatic rings. The van der Waals surface area contributed by atoms with Crippen LogP contribution in [-0.2, 0) is 25.0 Å². The van der Waals surface area contributed by atoms with E-state index < -0.39 is 124 Å². The van der Waals surface area contributed by atoms with Gasteiger partial charge in [-0.2, -0.15) is 129 Å². The molecular weight excluding hydrogens is 947 g/mol. The third-order valence-corrected chi connectivity index (χ3v) is 7.54. The van der Waals surface area contributed by atoms with Gasteiger partial charge in [-0.05, 0) is 18.6 Å². The Hall–Kier alpha value is -4.97. The fourth-order valence-corrected chi connectivity index (χ4v) is 4.25. The van der Waals surface area contributed by atoms with Gasteiger partial charge in [0.15, 0.2) is 6.73 Å². The Labute approximate surface area is 314 Å². The molecule has 61 heavy (non-hydrogen) atoms. The number of hydrogen-bond donors (Lipinski definition) is 1. The third kappa shape index (κ3) is 7.36. The number of carbonyl (C=O) groups is 2. The Balaban J connectivity index is 4.33. The summed E-state index contributed by atoms with van der Waals surface area (Å²) in [5.74, 6) is -117. The molecule has 348 valence electrons. The molecule has 0 unspecified atom stereocenters. The summed E-state index contributed by atoms with van der Waals surface area (Å²) in [7, 11) is 0. The third-order valence-electron chi connectivity index (χ3n) is 7.54. The number of amides is 1. The lowest BCUT2D eigenvalue weighted by atomic mass is 9.82. The van der Waals surface area contributed by atoms with Crippen molar-refractivity contribution in [1.82, 2.24) is 5.32 Å². The zero-order valence-corrected chi connectivity index (χ0v) is 27.9. The average molecular weight is 957 g/mol. The first-order chi connectivity index (χ1) is 26.6. The molecule has 0 saturated heterocycles. The Morgan fingerprint density at radius 2 is 0.852 bits per heavy atom. The lowest BCUT2D eigenvalue weighted by Gasteiger charge is -2.46. The molecule has 0 atom stereocenters. The molecule has 0 aliphatic carbocycles. The first-order valence-corrected chi connectivity index (χ1v) is 14.0. The van der Waals surface area contributed by atoms with Gasteiger partial charge in [0.1, 0.15) is 0 Å². The Morgan fingerprint density at radius 3 is 1.15 bits per heavy atom. The van der Waals surface area contributed by atoms with Gasteiger partial charge in [0.2, 0.25) is 12.2 Å². The van der Waals surface area contributed by atoms with Crippen LogP contribution in [0.3, 0.4) is 0 Å². The van der Waals surface area contributed by atoms with E-state index in [0.717, 1.165) is 5.32 Å². The van der Waals surface area contributed by atoms with E-state index >= 15 is 17.6 Å². The van der Waals surface area contributed by atoms with E-state index in [2.05, 4.69) is 14.7 Å². The van der Waals surface area contributed by atoms with Crippen LogP contribution in [0.25, 0.3) is 0 Å². The molecule has 1 aromatic carbocycles. The quantitative estimate of drug-likeness (QED) is 0.0550. The predicted octanol–water partition coefficient (Wildman–Crippen LogP) is 9.82. The lowest BCUT2D eigenvalue weighted by Crippen LogP contribution is -2.78. The molecule has 0 aromatic heterocycles. The van der Waals surface area contributed by atoms with Gasteiger partial charge in [-0.3, -0.25) is 9.59 Å². The molecule has 0 saturated carbocycles. The Morgan fingerprint density at radius 1 is 0.541 bits per heavy atom. The second kappa shape index (κ2) is 15.4. The van der Waals surface area contributed by atoms with Crippen LogP contribution in [0.4, 0.5) is 130 Å². The van der Waals surface area contributed by atoms with Crippen LogP contribution in [0, 0.1) is 6.92 Å². The van der Waals surface area contributed by atoms with Crippen molar-refractivity contribution in [3.63, 3.8) is 0 Å². The highest BCUT2D eigenvalue weighted by molar-refractivity contribution is 6.03. The van der Waals surface area contributed by atoms with Crippen molar-refractivity contribution in [3.05, 3.63) is 22.8 Å². The van der Waals surface area contributed by atoms with E-state index in [1.165, 1.54) is 0 Å². The van der Waals surface area contributed by atoms with Gasteiger partial charge in [0.05, 0.1) is 22.5 Å². The molecule has 1 rings (SSSR count). The van der Waals surface area contributed by atoms with Crippen LogP contribution in [0.2, 0.25) is 0 Å². The van der Waals surface area contributed by atoms with Crippen LogP contribution in [0.5, 0.6) is 0 Å². The molecule has 1 amide bonds. The number of esters is 1. The van der Waals surface area contributed by atoms with E-state index in [-0.39, 0.29) is 19.1 Å². The zero-order chi connectivity index (χ0) is 49.2. The smallest absolute Gasteiger partial charge is 0.445 e. The number of alkyl halides is 27. The maximum Gasteiger partial charge on any atom is 0.460 e. The van der Waals surface area contributed by atoms with Crippen molar-refractivity contribution in [1.29, 1.82) is 0 Å². The van der Waals surface area contributed by atoms with Gasteiger partial charge in [-0.1, -0.05) is 0 Å². The standard InChI is InChI=1S/C26H10F27N3O5/c1-7-3-9(54-4-57)10(13(60)56-6-61-8(2)59)11(12(7)55-5-58)14(27,28)15(29,30)16(31,32)17(33,34)18(35,36)19(37,38)20(39,40)21(41,42)22(43,44)23(45,46)24(47,48)25(49,50)26(51,52)53/h3H,6H2,1-2H3,(H,56,60). The van der Waals surface area contributed by atoms with Crippen molar-refractivity contribution in [3.8, 4) is 0 Å². The van der Waals surface area contributed by atoms with E-state index in [1.54, 1.807) is 0 Å². The zero-order valence-electron chi connectivity index (χ0n) is 27.9. The minimum atomic E-state index is -9.99. The number of aliphatic imine (C=N–C) groups is 2. The highest BCUT2D eigenvalue weighted by atomic mass is 19.4. The summed E-state index contributed by atoms with van der Waals surface area (Å²) in [4.78, 5) is 49.9. The largest absolute Gasteiger partial charge is 0.460 e. The van der Waals surface area contributed by atoms with Gasteiger partial charge >= 0.3 is 83.2 Å². The molecule has 35 heteroatoms. The number of carbonyl (C=O) groups excluding carboxylic acids is 4. The molecule has 0 heterocycles. The number of benzene rings is 1. The number of ether oxygens (including phenoxy) is 1. The summed E-state index contributed by atoms with van der Waals surface area (Å²) in [5, 5.41) is 1.11. The number of hydrogen-bond acceptors (Lipinski definition) is 7. The summed E-state index contributed by atoms with van der Waals surface area (Å²) in [6.07, 6.45) is -7.79. The summed E-state index contributed by atoms with van der Waals surface area (Å²) in [5.41, 5.74) is -12.0. The molecule has 0 bridgehead atoms. The summed E-state index contributed by atoms with van der Waals surface area (Å²) >= 11 is 0. The fourth-order valence-electron chi connectivity index (χ4n) is 4.25. The summed E-state index contributed by atoms with van der Waals surface area (Å²) < 4.78 is 383. The fraction of sp³-hybridized carbons (Fsp3) is 0.615. The highest BCUT2D eigenvalue weighted by Crippen LogP contribution is 2.69. The number of nitrogens with zero attached hydrogens (tertiary/aromatic N) is 2. The normalized spacial score (nSPS) is 14.8. The van der Waals surface area contributed by atoms with Crippen LogP contribution in [0.15, 0.2) is 16.1 Å². The van der Waals surface area contributed by atoms with Crippen molar-refractivity contribution in [2.75, 3.05) is 6.73 Å². The van der Waals surface area contributed by atoms with Crippen molar-refractivity contribution < 1.29 is 142 Å². The molecule has 0 aliphatic heterocycles. The second-order valence-electron chi connectivity index (χ2n) is 11.4. The maximum atomic E-state index is 15.6. The van der Waals surface area contributed by atoms with Gasteiger partial charge < -0.3 is 10.1 Å². The van der Waals surface area contributed by atoms with Gasteiger partial charge in [0.25, 0.3) is 5.91 Å². The molecular formula is C26H10F27N3O5. The van der Waals surface area contributed by atoms with Gasteiger partial charge in [-0.25, -0.2) is 9.59 Å². The maximum absolute atomic E-state index is 15.6. The Kier molecular flexibility index (Phi) is 13.7. The topological polar surface area (TPSA) is 114 Å². The van der Waals surface area contributed by atoms with Gasteiger partial charge in [0, 0.05) is 6.92 Å². The first kappa shape index (κ1) is 54.0. The summed E-state index contributed by atoms with van der Waals surface area (Å²) in [6.45, 7) is -0.905. The van der Waals surface area contributed by atoms with E-state index in [1.807, 2.05) is 0 Å². The van der Waals surface area contributed by atoms with E-state index in [4.69, 9.17) is 0 Å². The molecule has 8 nitrogen and oxygen atoms in total. The van der Waals surface area contributed by atoms with Crippen molar-refractivity contribution in [2.24, 2.45) is 9.98 Å². The van der Waals surface area contributed by atoms with Crippen LogP contribution in [0.1, 0.15) is 28.4 Å². The van der Waals surface area contributed by atoms with Crippen molar-refractivity contribution >= 4 is 35.4 Å². The number of aryl methyl sites for hydroxylation is 1. The minimum Gasteiger partial charge on any atom is -0.445 e. The number of rotatable bonds is 17. The van der Waals surface area contributed by atoms with E-state index in [0.29, 0.717) is 13.0 Å². The number of nitrogens with one attached hydrogen (secondary N) is 1. The average Bonchev–Trinajstić information content (AvgIpc) is 3.07. The molecule has 1 N–H and O–H groups in total. The molecule has 0 aliphatic rings. The second-order valence-corrected chi connectivity index (χ2v) is 11.4. The summed E-state index contributed by atoms with van der Waals surface area (Å²) in [6, 6.07) is 0.00266. The Bertz CT molecular complexity index is 1980. The predicted molar refractivity (Wildman–Crippen MR) is 135 cm³/mol. The lowest BCUT2D eigenvalue weighted by molar-refractivity contribution is -0.485. The van der Waals surface area contributed by atoms with Crippen LogP contribution >= 0.6 is 0 Å². The van der Waals surface area contributed by atoms with Crippen LogP contribution < -0.4 is 5.32 Å². The van der Waals surface area contributed by atoms with Gasteiger partial charge in [-0.15, -0.1) is 0 Å². The van der Waals surface area contributed by atoms with Crippen LogP contribution in [-0.4, -0.2) is 102 Å². The molecule has 0 spiro atoms. The highest BCUT2D eigenvalue weighted by Gasteiger charge is 3.00. The monoisotopic (exact) mass is 957 g/mol. The number of halogens is 27. The first-order valence-electron chi connectivity index (χ1n) is 14.0. The van der Waals surface area contributed by atoms with E-state index in [9.17, 15) is 120 Å². The minimum absolute atomic E-state index is 0.00266. The number of isocyanates is 2. The van der Waals surface area contributed by atoms with Crippen molar-refractivity contribution in [2.45, 2.75) is 91.1 Å². The molecule has 0 fully saturated rings.